The van der Waals surface area contributed by atoms with Crippen LogP contribution in [0.5, 0.6) is 5.75 Å². The number of likely N-dealkylation sites (tertiary alicyclic amines) is 1. The Kier molecular flexibility index (Phi) is 6.02. The average Bonchev–Trinajstić information content (AvgIpc) is 3.15. The molecule has 2 heterocycles. The highest BCUT2D eigenvalue weighted by molar-refractivity contribution is 5.96. The molecule has 0 aliphatic carbocycles. The predicted molar refractivity (Wildman–Crippen MR) is 112 cm³/mol. The van der Waals surface area contributed by atoms with Crippen LogP contribution in [0.4, 0.5) is 0 Å². The second kappa shape index (κ2) is 9.03. The predicted octanol–water partition coefficient (Wildman–Crippen LogP) is 4.57. The number of hydrogen-bond acceptors (Lipinski definition) is 5. The lowest BCUT2D eigenvalue weighted by Gasteiger charge is -2.33. The molecule has 1 aliphatic rings. The molecule has 0 bridgehead atoms. The smallest absolute Gasteiger partial charge is 0.375 e. The summed E-state index contributed by atoms with van der Waals surface area (Å²) >= 11 is 0. The Bertz CT molecular complexity index is 1030. The van der Waals surface area contributed by atoms with E-state index in [0.29, 0.717) is 23.4 Å². The summed E-state index contributed by atoms with van der Waals surface area (Å²) < 4.78 is 16.9. The largest absolute Gasteiger partial charge is 0.489 e. The van der Waals surface area contributed by atoms with Gasteiger partial charge < -0.3 is 18.8 Å². The van der Waals surface area contributed by atoms with Crippen LogP contribution in [0.15, 0.2) is 59.0 Å². The second-order valence-electron chi connectivity index (χ2n) is 7.52. The molecule has 1 atom stereocenters. The molecule has 1 amide bonds. The van der Waals surface area contributed by atoms with E-state index >= 15 is 0 Å². The van der Waals surface area contributed by atoms with Gasteiger partial charge in [0.25, 0.3) is 5.91 Å². The zero-order chi connectivity index (χ0) is 20.9. The number of piperidine rings is 1. The average molecular weight is 407 g/mol. The van der Waals surface area contributed by atoms with Gasteiger partial charge in [-0.3, -0.25) is 4.79 Å². The lowest BCUT2D eigenvalue weighted by atomic mass is 10.0. The van der Waals surface area contributed by atoms with E-state index in [-0.39, 0.29) is 30.9 Å². The van der Waals surface area contributed by atoms with Crippen LogP contribution in [0.3, 0.4) is 0 Å². The third-order valence-corrected chi connectivity index (χ3v) is 5.46. The summed E-state index contributed by atoms with van der Waals surface area (Å²) in [6, 6.07) is 16.9. The van der Waals surface area contributed by atoms with Crippen LogP contribution in [0.1, 0.15) is 42.3 Å². The Hall–Kier alpha value is -3.28. The topological polar surface area (TPSA) is 69.0 Å². The number of esters is 1. The van der Waals surface area contributed by atoms with Gasteiger partial charge in [0.05, 0.1) is 5.56 Å². The first-order chi connectivity index (χ1) is 14.6. The molecule has 1 fully saturated rings. The van der Waals surface area contributed by atoms with Gasteiger partial charge in [-0.25, -0.2) is 4.79 Å². The van der Waals surface area contributed by atoms with Crippen molar-refractivity contribution < 1.29 is 23.5 Å². The number of hydrogen-bond donors (Lipinski definition) is 0. The SMILES string of the molecule is C[C@@H]1CCCCN1C(=O)COC(=O)c1oc2ccccc2c1COc1ccccc1. The number of carbonyl (C=O) groups excluding carboxylic acids is 2. The number of carbonyl (C=O) groups is 2. The van der Waals surface area contributed by atoms with Crippen molar-refractivity contribution in [2.75, 3.05) is 13.2 Å². The number of ether oxygens (including phenoxy) is 2. The molecule has 3 aromatic rings. The summed E-state index contributed by atoms with van der Waals surface area (Å²) in [5.41, 5.74) is 1.19. The van der Waals surface area contributed by atoms with Gasteiger partial charge in [0.1, 0.15) is 17.9 Å². The summed E-state index contributed by atoms with van der Waals surface area (Å²) in [5.74, 6) is -0.0624. The third kappa shape index (κ3) is 4.32. The monoisotopic (exact) mass is 407 g/mol. The number of fused-ring (bicyclic) bond motifs is 1. The molecular weight excluding hydrogens is 382 g/mol. The quantitative estimate of drug-likeness (QED) is 0.560. The lowest BCUT2D eigenvalue weighted by Crippen LogP contribution is -2.44. The van der Waals surface area contributed by atoms with Crippen molar-refractivity contribution in [3.8, 4) is 5.75 Å². The van der Waals surface area contributed by atoms with Crippen LogP contribution in [-0.4, -0.2) is 36.0 Å². The lowest BCUT2D eigenvalue weighted by molar-refractivity contribution is -0.137. The van der Waals surface area contributed by atoms with E-state index < -0.39 is 5.97 Å². The number of rotatable bonds is 6. The Labute approximate surface area is 175 Å². The molecule has 1 aliphatic heterocycles. The molecule has 0 saturated carbocycles. The minimum Gasteiger partial charge on any atom is -0.489 e. The van der Waals surface area contributed by atoms with Crippen LogP contribution in [-0.2, 0) is 16.1 Å². The maximum Gasteiger partial charge on any atom is 0.375 e. The molecule has 4 rings (SSSR count). The van der Waals surface area contributed by atoms with Crippen LogP contribution in [0, 0.1) is 0 Å². The van der Waals surface area contributed by atoms with Crippen molar-refractivity contribution in [3.05, 3.63) is 65.9 Å². The summed E-state index contributed by atoms with van der Waals surface area (Å²) in [5, 5.41) is 0.788. The second-order valence-corrected chi connectivity index (χ2v) is 7.52. The van der Waals surface area contributed by atoms with Crippen LogP contribution >= 0.6 is 0 Å². The number of para-hydroxylation sites is 2. The van der Waals surface area contributed by atoms with Crippen molar-refractivity contribution in [2.45, 2.75) is 38.8 Å². The first-order valence-electron chi connectivity index (χ1n) is 10.3. The first-order valence-corrected chi connectivity index (χ1v) is 10.3. The molecule has 1 saturated heterocycles. The molecule has 1 aromatic heterocycles. The Morgan fingerprint density at radius 2 is 1.83 bits per heavy atom. The molecule has 0 radical (unpaired) electrons. The van der Waals surface area contributed by atoms with Crippen molar-refractivity contribution in [3.63, 3.8) is 0 Å². The highest BCUT2D eigenvalue weighted by Crippen LogP contribution is 2.28. The van der Waals surface area contributed by atoms with Crippen molar-refractivity contribution in [1.82, 2.24) is 4.90 Å². The molecule has 0 spiro atoms. The minimum absolute atomic E-state index is 0.0756. The summed E-state index contributed by atoms with van der Waals surface area (Å²) in [6.45, 7) is 2.59. The molecule has 0 unspecified atom stereocenters. The molecule has 2 aromatic carbocycles. The minimum atomic E-state index is -0.657. The fraction of sp³-hybridized carbons (Fsp3) is 0.333. The highest BCUT2D eigenvalue weighted by atomic mass is 16.5. The van der Waals surface area contributed by atoms with E-state index in [9.17, 15) is 9.59 Å². The van der Waals surface area contributed by atoms with Gasteiger partial charge in [-0.05, 0) is 44.4 Å². The molecule has 30 heavy (non-hydrogen) atoms. The van der Waals surface area contributed by atoms with Crippen LogP contribution < -0.4 is 4.74 Å². The normalized spacial score (nSPS) is 16.4. The Morgan fingerprint density at radius 1 is 1.07 bits per heavy atom. The third-order valence-electron chi connectivity index (χ3n) is 5.46. The molecule has 6 heteroatoms. The number of benzene rings is 2. The maximum absolute atomic E-state index is 12.8. The molecule has 6 nitrogen and oxygen atoms in total. The van der Waals surface area contributed by atoms with E-state index in [0.717, 1.165) is 24.6 Å². The van der Waals surface area contributed by atoms with Crippen molar-refractivity contribution in [2.24, 2.45) is 0 Å². The van der Waals surface area contributed by atoms with Gasteiger partial charge >= 0.3 is 5.97 Å². The molecule has 156 valence electrons. The fourth-order valence-electron chi connectivity index (χ4n) is 3.82. The Balaban J connectivity index is 1.49. The number of furan rings is 1. The number of nitrogens with zero attached hydrogens (tertiary/aromatic N) is 1. The van der Waals surface area contributed by atoms with Gasteiger partial charge in [0.15, 0.2) is 6.61 Å². The highest BCUT2D eigenvalue weighted by Gasteiger charge is 2.26. The maximum atomic E-state index is 12.8. The van der Waals surface area contributed by atoms with E-state index in [1.807, 2.05) is 55.5 Å². The van der Waals surface area contributed by atoms with Gasteiger partial charge in [-0.2, -0.15) is 0 Å². The van der Waals surface area contributed by atoms with Crippen molar-refractivity contribution >= 4 is 22.8 Å². The summed E-state index contributed by atoms with van der Waals surface area (Å²) in [4.78, 5) is 27.1. The zero-order valence-corrected chi connectivity index (χ0v) is 17.0. The summed E-state index contributed by atoms with van der Waals surface area (Å²) in [7, 11) is 0. The number of amides is 1. The van der Waals surface area contributed by atoms with Gasteiger partial charge in [0.2, 0.25) is 5.76 Å². The summed E-state index contributed by atoms with van der Waals surface area (Å²) in [6.07, 6.45) is 3.08. The van der Waals surface area contributed by atoms with Gasteiger partial charge in [0, 0.05) is 18.0 Å². The van der Waals surface area contributed by atoms with E-state index in [4.69, 9.17) is 13.9 Å². The van der Waals surface area contributed by atoms with Crippen LogP contribution in [0.2, 0.25) is 0 Å². The van der Waals surface area contributed by atoms with E-state index in [1.165, 1.54) is 0 Å². The first kappa shape index (κ1) is 20.0. The van der Waals surface area contributed by atoms with Gasteiger partial charge in [-0.15, -0.1) is 0 Å². The molecule has 0 N–H and O–H groups in total. The standard InChI is InChI=1S/C24H25NO5/c1-17-9-7-8-14-25(17)22(26)16-29-24(27)23-20(15-28-18-10-3-2-4-11-18)19-12-5-6-13-21(19)30-23/h2-6,10-13,17H,7-9,14-16H2,1H3/t17-/m1/s1. The van der Waals surface area contributed by atoms with E-state index in [2.05, 4.69) is 0 Å². The zero-order valence-electron chi connectivity index (χ0n) is 17.0. The van der Waals surface area contributed by atoms with Crippen molar-refractivity contribution in [1.29, 1.82) is 0 Å². The van der Waals surface area contributed by atoms with E-state index in [1.54, 1.807) is 11.0 Å². The van der Waals surface area contributed by atoms with Crippen LogP contribution in [0.25, 0.3) is 11.0 Å². The fourth-order valence-corrected chi connectivity index (χ4v) is 3.82. The molecular formula is C24H25NO5. The van der Waals surface area contributed by atoms with Gasteiger partial charge in [-0.1, -0.05) is 36.4 Å². The Morgan fingerprint density at radius 3 is 2.63 bits per heavy atom.